The van der Waals surface area contributed by atoms with E-state index in [1.807, 2.05) is 0 Å². The molecule has 0 unspecified atom stereocenters. The van der Waals surface area contributed by atoms with Crippen molar-refractivity contribution in [3.05, 3.63) is 82.9 Å². The fourth-order valence-corrected chi connectivity index (χ4v) is 5.04. The molecule has 0 heteroatoms. The highest BCUT2D eigenvalue weighted by Crippen LogP contribution is 2.35. The molecule has 1 saturated carbocycles. The maximum absolute atomic E-state index is 3.38. The average Bonchev–Trinajstić information content (AvgIpc) is 2.83. The molecule has 3 aromatic carbocycles. The standard InChI is InChI=1S/C32H38/c1-3-4-5-6-7-8-27-15-21-32-24-28(16-22-31(32)23-27)12-11-26-13-19-30(20-14-26)29-17-9-25(2)10-18-29/h13-16,19-25,29H,3-10,17-18H2,1-2H3/t25-,29-. The molecule has 0 atom stereocenters. The molecule has 1 aliphatic rings. The number of fused-ring (bicyclic) bond motifs is 1. The van der Waals surface area contributed by atoms with Gasteiger partial charge in [0, 0.05) is 11.1 Å². The monoisotopic (exact) mass is 422 g/mol. The summed E-state index contributed by atoms with van der Waals surface area (Å²) in [5, 5.41) is 2.61. The van der Waals surface area contributed by atoms with E-state index in [9.17, 15) is 0 Å². The Balaban J connectivity index is 1.37. The van der Waals surface area contributed by atoms with E-state index in [1.165, 1.54) is 86.1 Å². The van der Waals surface area contributed by atoms with Crippen LogP contribution in [-0.4, -0.2) is 0 Å². The number of hydrogen-bond acceptors (Lipinski definition) is 0. The van der Waals surface area contributed by atoms with Crippen LogP contribution in [0.1, 0.15) is 99.8 Å². The van der Waals surface area contributed by atoms with Crippen molar-refractivity contribution in [2.45, 2.75) is 84.0 Å². The lowest BCUT2D eigenvalue weighted by atomic mass is 9.79. The zero-order chi connectivity index (χ0) is 22.2. The summed E-state index contributed by atoms with van der Waals surface area (Å²) in [6, 6.07) is 22.5. The third-order valence-corrected chi connectivity index (χ3v) is 7.22. The summed E-state index contributed by atoms with van der Waals surface area (Å²) < 4.78 is 0. The van der Waals surface area contributed by atoms with Crippen LogP contribution in [0.5, 0.6) is 0 Å². The molecule has 1 aliphatic carbocycles. The number of rotatable bonds is 7. The Hall–Kier alpha value is -2.52. The van der Waals surface area contributed by atoms with Gasteiger partial charge in [0.25, 0.3) is 0 Å². The molecule has 0 amide bonds. The predicted octanol–water partition coefficient (Wildman–Crippen LogP) is 9.05. The minimum atomic E-state index is 0.745. The Labute approximate surface area is 195 Å². The fraction of sp³-hybridized carbons (Fsp3) is 0.438. The quantitative estimate of drug-likeness (QED) is 0.263. The largest absolute Gasteiger partial charge is 0.0654 e. The second-order valence-corrected chi connectivity index (χ2v) is 9.89. The smallest absolute Gasteiger partial charge is 0.0255 e. The lowest BCUT2D eigenvalue weighted by molar-refractivity contribution is 0.348. The van der Waals surface area contributed by atoms with Crippen LogP contribution >= 0.6 is 0 Å². The van der Waals surface area contributed by atoms with Crippen LogP contribution < -0.4 is 0 Å². The third kappa shape index (κ3) is 6.26. The van der Waals surface area contributed by atoms with E-state index in [-0.39, 0.29) is 0 Å². The topological polar surface area (TPSA) is 0 Å². The summed E-state index contributed by atoms with van der Waals surface area (Å²) in [5.41, 5.74) is 5.15. The molecule has 0 aliphatic heterocycles. The van der Waals surface area contributed by atoms with Crippen molar-refractivity contribution in [1.29, 1.82) is 0 Å². The highest BCUT2D eigenvalue weighted by atomic mass is 14.2. The Morgan fingerprint density at radius 1 is 0.688 bits per heavy atom. The van der Waals surface area contributed by atoms with Gasteiger partial charge in [-0.15, -0.1) is 0 Å². The number of unbranched alkanes of at least 4 members (excludes halogenated alkanes) is 4. The first-order chi connectivity index (χ1) is 15.7. The van der Waals surface area contributed by atoms with Gasteiger partial charge < -0.3 is 0 Å². The lowest BCUT2D eigenvalue weighted by Crippen LogP contribution is -2.10. The van der Waals surface area contributed by atoms with Crippen molar-refractivity contribution < 1.29 is 0 Å². The van der Waals surface area contributed by atoms with Crippen LogP contribution in [0.25, 0.3) is 10.8 Å². The second kappa shape index (κ2) is 11.4. The summed E-state index contributed by atoms with van der Waals surface area (Å²) in [4.78, 5) is 0. The van der Waals surface area contributed by atoms with Crippen LogP contribution in [0.2, 0.25) is 0 Å². The van der Waals surface area contributed by atoms with Crippen molar-refractivity contribution in [3.8, 4) is 11.8 Å². The van der Waals surface area contributed by atoms with Gasteiger partial charge in [-0.2, -0.15) is 0 Å². The molecule has 0 bridgehead atoms. The maximum atomic E-state index is 3.38. The van der Waals surface area contributed by atoms with E-state index in [4.69, 9.17) is 0 Å². The van der Waals surface area contributed by atoms with Crippen molar-refractivity contribution in [1.82, 2.24) is 0 Å². The van der Waals surface area contributed by atoms with Crippen LogP contribution in [0, 0.1) is 17.8 Å². The third-order valence-electron chi connectivity index (χ3n) is 7.22. The van der Waals surface area contributed by atoms with E-state index in [2.05, 4.69) is 86.4 Å². The van der Waals surface area contributed by atoms with Gasteiger partial charge in [-0.05, 0) is 83.7 Å². The van der Waals surface area contributed by atoms with E-state index in [0.717, 1.165) is 23.0 Å². The molecule has 3 aromatic rings. The van der Waals surface area contributed by atoms with Crippen molar-refractivity contribution in [2.24, 2.45) is 5.92 Å². The molecule has 0 N–H and O–H groups in total. The first-order valence-corrected chi connectivity index (χ1v) is 12.9. The van der Waals surface area contributed by atoms with Gasteiger partial charge in [0.2, 0.25) is 0 Å². The minimum absolute atomic E-state index is 0.745. The molecule has 32 heavy (non-hydrogen) atoms. The molecule has 0 spiro atoms. The molecule has 0 aromatic heterocycles. The highest BCUT2D eigenvalue weighted by Gasteiger charge is 2.19. The molecular weight excluding hydrogens is 384 g/mol. The van der Waals surface area contributed by atoms with Gasteiger partial charge in [-0.3, -0.25) is 0 Å². The molecule has 0 nitrogen and oxygen atoms in total. The summed E-state index contributed by atoms with van der Waals surface area (Å²) >= 11 is 0. The van der Waals surface area contributed by atoms with Crippen LogP contribution in [0.4, 0.5) is 0 Å². The molecule has 0 radical (unpaired) electrons. The van der Waals surface area contributed by atoms with Gasteiger partial charge >= 0.3 is 0 Å². The van der Waals surface area contributed by atoms with Gasteiger partial charge in [0.1, 0.15) is 0 Å². The molecule has 0 saturated heterocycles. The van der Waals surface area contributed by atoms with E-state index < -0.39 is 0 Å². The zero-order valence-electron chi connectivity index (χ0n) is 20.0. The minimum Gasteiger partial charge on any atom is -0.0654 e. The second-order valence-electron chi connectivity index (χ2n) is 9.89. The Morgan fingerprint density at radius 3 is 2.12 bits per heavy atom. The Morgan fingerprint density at radius 2 is 1.34 bits per heavy atom. The van der Waals surface area contributed by atoms with Crippen molar-refractivity contribution in [2.75, 3.05) is 0 Å². The molecule has 1 fully saturated rings. The first-order valence-electron chi connectivity index (χ1n) is 12.9. The van der Waals surface area contributed by atoms with Gasteiger partial charge in [-0.1, -0.05) is 101 Å². The van der Waals surface area contributed by atoms with Crippen molar-refractivity contribution >= 4 is 10.8 Å². The Kier molecular flexibility index (Phi) is 8.06. The lowest BCUT2D eigenvalue weighted by Gasteiger charge is -2.26. The van der Waals surface area contributed by atoms with Crippen LogP contribution in [0.15, 0.2) is 60.7 Å². The fourth-order valence-electron chi connectivity index (χ4n) is 5.04. The highest BCUT2D eigenvalue weighted by molar-refractivity contribution is 5.84. The van der Waals surface area contributed by atoms with Crippen molar-refractivity contribution in [3.63, 3.8) is 0 Å². The Bertz CT molecular complexity index is 1050. The summed E-state index contributed by atoms with van der Waals surface area (Å²) in [6.07, 6.45) is 13.3. The maximum Gasteiger partial charge on any atom is 0.0255 e. The molecular formula is C32H38. The zero-order valence-corrected chi connectivity index (χ0v) is 20.0. The van der Waals surface area contributed by atoms with E-state index in [0.29, 0.717) is 0 Å². The summed E-state index contributed by atoms with van der Waals surface area (Å²) in [7, 11) is 0. The molecule has 4 rings (SSSR count). The van der Waals surface area contributed by atoms with Gasteiger partial charge in [0.05, 0.1) is 0 Å². The van der Waals surface area contributed by atoms with E-state index >= 15 is 0 Å². The van der Waals surface area contributed by atoms with Crippen LogP contribution in [-0.2, 0) is 6.42 Å². The summed E-state index contributed by atoms with van der Waals surface area (Å²) in [5.74, 6) is 8.39. The van der Waals surface area contributed by atoms with Gasteiger partial charge in [0.15, 0.2) is 0 Å². The molecule has 0 heterocycles. The van der Waals surface area contributed by atoms with E-state index in [1.54, 1.807) is 0 Å². The number of aryl methyl sites for hydroxylation is 1. The number of benzene rings is 3. The predicted molar refractivity (Wildman–Crippen MR) is 139 cm³/mol. The first kappa shape index (κ1) is 22.7. The average molecular weight is 423 g/mol. The van der Waals surface area contributed by atoms with Gasteiger partial charge in [-0.25, -0.2) is 0 Å². The normalized spacial score (nSPS) is 18.3. The summed E-state index contributed by atoms with van der Waals surface area (Å²) in [6.45, 7) is 4.66. The number of hydrogen-bond donors (Lipinski definition) is 0. The SMILES string of the molecule is CCCCCCCc1ccc2cc(C#Cc3ccc([C@H]4CC[C@H](C)CC4)cc3)ccc2c1. The molecule has 166 valence electrons. The van der Waals surface area contributed by atoms with Crippen LogP contribution in [0.3, 0.4) is 0 Å².